The number of para-hydroxylation sites is 1. The molecular weight excluding hydrogens is 221 g/mol. The molecule has 1 rings (SSSR count). The fourth-order valence-electron chi connectivity index (χ4n) is 1.71. The van der Waals surface area contributed by atoms with Crippen LogP contribution in [0.3, 0.4) is 0 Å². The number of methoxy groups -OCH3 is 1. The molecule has 2 atom stereocenters. The molecule has 0 radical (unpaired) electrons. The first-order valence-electron chi connectivity index (χ1n) is 5.55. The highest BCUT2D eigenvalue weighted by Crippen LogP contribution is 2.34. The van der Waals surface area contributed by atoms with Gasteiger partial charge in [-0.1, -0.05) is 32.9 Å². The van der Waals surface area contributed by atoms with Crippen molar-refractivity contribution in [1.29, 1.82) is 0 Å². The van der Waals surface area contributed by atoms with Crippen LogP contribution in [0.25, 0.3) is 0 Å². The van der Waals surface area contributed by atoms with Gasteiger partial charge in [0.2, 0.25) is 0 Å². The lowest BCUT2D eigenvalue weighted by Gasteiger charge is -2.31. The average molecular weight is 241 g/mol. The van der Waals surface area contributed by atoms with Gasteiger partial charge in [0.05, 0.1) is 19.3 Å². The topological polar surface area (TPSA) is 55.5 Å². The van der Waals surface area contributed by atoms with Gasteiger partial charge in [-0.15, -0.1) is 0 Å². The Morgan fingerprint density at radius 2 is 1.94 bits per heavy atom. The van der Waals surface area contributed by atoms with E-state index >= 15 is 0 Å². The predicted molar refractivity (Wildman–Crippen MR) is 65.3 cm³/mol. The first-order chi connectivity index (χ1) is 7.79. The number of hydrogen-bond donors (Lipinski definition) is 2. The van der Waals surface area contributed by atoms with Crippen molar-refractivity contribution in [1.82, 2.24) is 0 Å². The zero-order valence-electron chi connectivity index (χ0n) is 10.7. The molecule has 0 aliphatic carbocycles. The van der Waals surface area contributed by atoms with Crippen molar-refractivity contribution in [3.63, 3.8) is 0 Å². The van der Waals surface area contributed by atoms with Crippen LogP contribution in [0.5, 0.6) is 5.75 Å². The van der Waals surface area contributed by atoms with E-state index in [1.165, 1.54) is 13.2 Å². The highest BCUT2D eigenvalue weighted by molar-refractivity contribution is 5.38. The van der Waals surface area contributed by atoms with Gasteiger partial charge >= 0.3 is 0 Å². The molecule has 0 spiro atoms. The molecular formula is C13H20FNO2. The first kappa shape index (κ1) is 13.9. The quantitative estimate of drug-likeness (QED) is 0.853. The average Bonchev–Trinajstić information content (AvgIpc) is 2.25. The maximum Gasteiger partial charge on any atom is 0.165 e. The number of rotatable bonds is 3. The second-order valence-electron chi connectivity index (χ2n) is 5.20. The molecule has 0 saturated carbocycles. The van der Waals surface area contributed by atoms with E-state index in [1.807, 2.05) is 20.8 Å². The van der Waals surface area contributed by atoms with Crippen molar-refractivity contribution >= 4 is 0 Å². The molecule has 1 aromatic carbocycles. The second kappa shape index (κ2) is 5.02. The molecule has 0 amide bonds. The van der Waals surface area contributed by atoms with Crippen molar-refractivity contribution in [2.75, 3.05) is 7.11 Å². The summed E-state index contributed by atoms with van der Waals surface area (Å²) in [6.45, 7) is 5.63. The Morgan fingerprint density at radius 1 is 1.35 bits per heavy atom. The molecule has 17 heavy (non-hydrogen) atoms. The van der Waals surface area contributed by atoms with E-state index in [0.717, 1.165) is 0 Å². The van der Waals surface area contributed by atoms with Crippen molar-refractivity contribution in [3.8, 4) is 5.75 Å². The zero-order chi connectivity index (χ0) is 13.2. The van der Waals surface area contributed by atoms with Crippen LogP contribution in [0.2, 0.25) is 0 Å². The van der Waals surface area contributed by atoms with Gasteiger partial charge in [0, 0.05) is 5.56 Å². The van der Waals surface area contributed by atoms with E-state index in [0.29, 0.717) is 5.56 Å². The minimum absolute atomic E-state index is 0.100. The Hall–Kier alpha value is -1.13. The largest absolute Gasteiger partial charge is 0.493 e. The molecule has 96 valence electrons. The third-order valence-corrected chi connectivity index (χ3v) is 2.79. The molecule has 3 N–H and O–H groups in total. The maximum absolute atomic E-state index is 13.5. The van der Waals surface area contributed by atoms with Crippen molar-refractivity contribution in [3.05, 3.63) is 29.6 Å². The molecule has 0 aromatic heterocycles. The van der Waals surface area contributed by atoms with Crippen molar-refractivity contribution in [2.45, 2.75) is 32.9 Å². The Balaban J connectivity index is 3.12. The third kappa shape index (κ3) is 2.96. The number of ether oxygens (including phenoxy) is 1. The van der Waals surface area contributed by atoms with E-state index in [9.17, 15) is 9.50 Å². The lowest BCUT2D eigenvalue weighted by molar-refractivity contribution is 0.0393. The molecule has 0 bridgehead atoms. The molecule has 1 aromatic rings. The van der Waals surface area contributed by atoms with Crippen LogP contribution in [0.1, 0.15) is 32.4 Å². The molecule has 0 aliphatic heterocycles. The van der Waals surface area contributed by atoms with E-state index in [2.05, 4.69) is 0 Å². The summed E-state index contributed by atoms with van der Waals surface area (Å²) in [5.74, 6) is -0.371. The first-order valence-corrected chi connectivity index (χ1v) is 5.55. The van der Waals surface area contributed by atoms with Crippen molar-refractivity contribution < 1.29 is 14.2 Å². The van der Waals surface area contributed by atoms with Crippen LogP contribution < -0.4 is 10.5 Å². The monoisotopic (exact) mass is 241 g/mol. The number of aliphatic hydroxyl groups is 1. The van der Waals surface area contributed by atoms with Gasteiger partial charge < -0.3 is 15.6 Å². The summed E-state index contributed by atoms with van der Waals surface area (Å²) in [6, 6.07) is 3.85. The fourth-order valence-corrected chi connectivity index (χ4v) is 1.71. The van der Waals surface area contributed by atoms with Gasteiger partial charge in [-0.05, 0) is 11.5 Å². The summed E-state index contributed by atoms with van der Waals surface area (Å²) in [5, 5.41) is 10.1. The number of hydrogen-bond acceptors (Lipinski definition) is 3. The smallest absolute Gasteiger partial charge is 0.165 e. The molecule has 4 heteroatoms. The molecule has 0 fully saturated rings. The Bertz CT molecular complexity index is 387. The van der Waals surface area contributed by atoms with Gasteiger partial charge in [0.15, 0.2) is 11.6 Å². The van der Waals surface area contributed by atoms with E-state index in [1.54, 1.807) is 12.1 Å². The maximum atomic E-state index is 13.5. The zero-order valence-corrected chi connectivity index (χ0v) is 10.7. The fraction of sp³-hybridized carbons (Fsp3) is 0.538. The van der Waals surface area contributed by atoms with E-state index in [-0.39, 0.29) is 11.2 Å². The summed E-state index contributed by atoms with van der Waals surface area (Å²) in [7, 11) is 1.39. The van der Waals surface area contributed by atoms with Crippen LogP contribution in [0, 0.1) is 11.2 Å². The standard InChI is InChI=1S/C13H20FNO2/c1-13(2,3)12(16)10(15)8-6-5-7-9(14)11(8)17-4/h5-7,10,12,16H,15H2,1-4H3/t10-,12-/m1/s1. The number of benzene rings is 1. The number of aliphatic hydroxyl groups excluding tert-OH is 1. The number of halogens is 1. The second-order valence-corrected chi connectivity index (χ2v) is 5.20. The number of nitrogens with two attached hydrogens (primary N) is 1. The minimum Gasteiger partial charge on any atom is -0.493 e. The van der Waals surface area contributed by atoms with E-state index in [4.69, 9.17) is 10.5 Å². The molecule has 3 nitrogen and oxygen atoms in total. The van der Waals surface area contributed by atoms with Gasteiger partial charge in [-0.25, -0.2) is 4.39 Å². The minimum atomic E-state index is -0.779. The van der Waals surface area contributed by atoms with Crippen LogP contribution in [0.4, 0.5) is 4.39 Å². The molecule has 0 aliphatic rings. The normalized spacial score (nSPS) is 15.5. The van der Waals surface area contributed by atoms with Gasteiger partial charge in [0.25, 0.3) is 0 Å². The van der Waals surface area contributed by atoms with Crippen LogP contribution in [-0.4, -0.2) is 18.3 Å². The van der Waals surface area contributed by atoms with Gasteiger partial charge in [-0.3, -0.25) is 0 Å². The predicted octanol–water partition coefficient (Wildman–Crippen LogP) is 2.24. The Kier molecular flexibility index (Phi) is 4.11. The van der Waals surface area contributed by atoms with Gasteiger partial charge in [-0.2, -0.15) is 0 Å². The lowest BCUT2D eigenvalue weighted by atomic mass is 9.82. The van der Waals surface area contributed by atoms with Crippen molar-refractivity contribution in [2.24, 2.45) is 11.1 Å². The summed E-state index contributed by atoms with van der Waals surface area (Å²) in [4.78, 5) is 0. The summed E-state index contributed by atoms with van der Waals surface area (Å²) < 4.78 is 18.5. The Labute approximate surface area is 101 Å². The SMILES string of the molecule is COc1c(F)cccc1[C@@H](N)[C@@H](O)C(C)(C)C. The van der Waals surface area contributed by atoms with Crippen LogP contribution in [-0.2, 0) is 0 Å². The highest BCUT2D eigenvalue weighted by atomic mass is 19.1. The Morgan fingerprint density at radius 3 is 2.41 bits per heavy atom. The van der Waals surface area contributed by atoms with Gasteiger partial charge in [0.1, 0.15) is 0 Å². The van der Waals surface area contributed by atoms with Crippen LogP contribution in [0.15, 0.2) is 18.2 Å². The highest BCUT2D eigenvalue weighted by Gasteiger charge is 2.31. The molecule has 0 heterocycles. The summed E-state index contributed by atoms with van der Waals surface area (Å²) in [5.41, 5.74) is 6.08. The summed E-state index contributed by atoms with van der Waals surface area (Å²) in [6.07, 6.45) is -0.779. The molecule has 0 saturated heterocycles. The molecule has 0 unspecified atom stereocenters. The summed E-state index contributed by atoms with van der Waals surface area (Å²) >= 11 is 0. The van der Waals surface area contributed by atoms with E-state index < -0.39 is 18.0 Å². The third-order valence-electron chi connectivity index (χ3n) is 2.79. The lowest BCUT2D eigenvalue weighted by Crippen LogP contribution is -2.37. The van der Waals surface area contributed by atoms with Crippen LogP contribution >= 0.6 is 0 Å².